The number of benzene rings is 2. The van der Waals surface area contributed by atoms with Crippen LogP contribution in [0.25, 0.3) is 6.08 Å². The van der Waals surface area contributed by atoms with E-state index in [2.05, 4.69) is 11.9 Å². The molecule has 2 aromatic rings. The Morgan fingerprint density at radius 2 is 1.62 bits per heavy atom. The first-order chi connectivity index (χ1) is 15.6. The largest absolute Gasteiger partial charge is 0.493 e. The van der Waals surface area contributed by atoms with Gasteiger partial charge < -0.3 is 23.7 Å². The van der Waals surface area contributed by atoms with Gasteiger partial charge in [0, 0.05) is 5.56 Å². The van der Waals surface area contributed by atoms with Gasteiger partial charge in [-0.15, -0.1) is 0 Å². The average molecular weight is 440 g/mol. The highest BCUT2D eigenvalue weighted by Gasteiger charge is 2.25. The van der Waals surface area contributed by atoms with Crippen molar-refractivity contribution in [1.82, 2.24) is 0 Å². The second-order valence-corrected chi connectivity index (χ2v) is 6.98. The van der Waals surface area contributed by atoms with E-state index < -0.39 is 5.97 Å². The number of ether oxygens (including phenoxy) is 5. The number of cyclic esters (lactones) is 1. The Labute approximate surface area is 188 Å². The zero-order valence-corrected chi connectivity index (χ0v) is 19.0. The third-order valence-corrected chi connectivity index (χ3v) is 4.66. The van der Waals surface area contributed by atoms with Crippen molar-refractivity contribution >= 4 is 17.9 Å². The van der Waals surface area contributed by atoms with Gasteiger partial charge in [0.05, 0.1) is 26.9 Å². The third-order valence-electron chi connectivity index (χ3n) is 4.66. The predicted octanol–water partition coefficient (Wildman–Crippen LogP) is 5.02. The highest BCUT2D eigenvalue weighted by atomic mass is 16.6. The van der Waals surface area contributed by atoms with Gasteiger partial charge in [-0.05, 0) is 62.2 Å². The molecule has 1 heterocycles. The van der Waals surface area contributed by atoms with E-state index >= 15 is 0 Å². The Hall–Kier alpha value is -3.48. The normalized spacial score (nSPS) is 14.2. The first kappa shape index (κ1) is 23.2. The predicted molar refractivity (Wildman–Crippen MR) is 123 cm³/mol. The van der Waals surface area contributed by atoms with E-state index in [4.69, 9.17) is 23.7 Å². The molecule has 170 valence electrons. The summed E-state index contributed by atoms with van der Waals surface area (Å²) < 4.78 is 27.8. The molecule has 0 saturated heterocycles. The van der Waals surface area contributed by atoms with Crippen LogP contribution in [0.1, 0.15) is 44.7 Å². The van der Waals surface area contributed by atoms with Gasteiger partial charge in [-0.1, -0.05) is 19.4 Å². The number of carbonyl (C=O) groups is 1. The average Bonchev–Trinajstić information content (AvgIpc) is 3.16. The molecule has 0 spiro atoms. The van der Waals surface area contributed by atoms with Crippen molar-refractivity contribution in [3.63, 3.8) is 0 Å². The summed E-state index contributed by atoms with van der Waals surface area (Å²) >= 11 is 0. The van der Waals surface area contributed by atoms with Crippen LogP contribution in [0.4, 0.5) is 0 Å². The smallest absolute Gasteiger partial charge is 0.363 e. The second kappa shape index (κ2) is 11.2. The van der Waals surface area contributed by atoms with Gasteiger partial charge in [-0.25, -0.2) is 9.79 Å². The first-order valence-electron chi connectivity index (χ1n) is 10.8. The van der Waals surface area contributed by atoms with E-state index in [1.54, 1.807) is 37.5 Å². The van der Waals surface area contributed by atoms with Crippen molar-refractivity contribution in [3.05, 3.63) is 53.2 Å². The molecule has 0 aromatic heterocycles. The maximum absolute atomic E-state index is 12.4. The number of rotatable bonds is 11. The van der Waals surface area contributed by atoms with Crippen LogP contribution in [0.3, 0.4) is 0 Å². The van der Waals surface area contributed by atoms with Crippen LogP contribution in [0.2, 0.25) is 0 Å². The van der Waals surface area contributed by atoms with Crippen LogP contribution in [0.5, 0.6) is 23.0 Å². The van der Waals surface area contributed by atoms with Crippen LogP contribution in [0.15, 0.2) is 47.1 Å². The summed E-state index contributed by atoms with van der Waals surface area (Å²) in [4.78, 5) is 16.8. The molecular weight excluding hydrogens is 410 g/mol. The van der Waals surface area contributed by atoms with Crippen LogP contribution in [-0.2, 0) is 9.53 Å². The Morgan fingerprint density at radius 1 is 0.906 bits per heavy atom. The number of hydrogen-bond donors (Lipinski definition) is 0. The number of unbranched alkanes of at least 4 members (excludes halogenated alkanes) is 1. The summed E-state index contributed by atoms with van der Waals surface area (Å²) in [6, 6.07) is 10.8. The standard InChI is InChI=1S/C25H29NO6/c1-5-8-13-31-20-11-9-17(15-22(20)28-4)14-19-25(27)32-24(26-19)18-10-12-21(29-6-2)23(16-18)30-7-3/h9-12,14-16H,5-8,13H2,1-4H3. The van der Waals surface area contributed by atoms with Crippen molar-refractivity contribution in [3.8, 4) is 23.0 Å². The van der Waals surface area contributed by atoms with Crippen LogP contribution in [0, 0.1) is 0 Å². The van der Waals surface area contributed by atoms with Crippen molar-refractivity contribution in [1.29, 1.82) is 0 Å². The van der Waals surface area contributed by atoms with Crippen LogP contribution < -0.4 is 18.9 Å². The molecule has 3 rings (SSSR count). The second-order valence-electron chi connectivity index (χ2n) is 6.98. The minimum absolute atomic E-state index is 0.202. The number of nitrogens with zero attached hydrogens (tertiary/aromatic N) is 1. The van der Waals surface area contributed by atoms with Gasteiger partial charge >= 0.3 is 5.97 Å². The van der Waals surface area contributed by atoms with E-state index in [0.717, 1.165) is 18.4 Å². The maximum Gasteiger partial charge on any atom is 0.363 e. The van der Waals surface area contributed by atoms with Crippen LogP contribution >= 0.6 is 0 Å². The molecule has 7 heteroatoms. The Bertz CT molecular complexity index is 1010. The number of methoxy groups -OCH3 is 1. The number of hydrogen-bond acceptors (Lipinski definition) is 7. The van der Waals surface area contributed by atoms with Gasteiger partial charge in [0.1, 0.15) is 0 Å². The molecule has 0 saturated carbocycles. The molecule has 0 radical (unpaired) electrons. The van der Waals surface area contributed by atoms with Crippen molar-refractivity contribution in [2.45, 2.75) is 33.6 Å². The Morgan fingerprint density at radius 3 is 2.34 bits per heavy atom. The van der Waals surface area contributed by atoms with E-state index in [-0.39, 0.29) is 11.6 Å². The van der Waals surface area contributed by atoms with Crippen molar-refractivity contribution < 1.29 is 28.5 Å². The number of aliphatic imine (C=N–C) groups is 1. The lowest BCUT2D eigenvalue weighted by molar-refractivity contribution is -0.129. The van der Waals surface area contributed by atoms with Gasteiger partial charge in [-0.2, -0.15) is 0 Å². The Balaban J connectivity index is 1.85. The molecule has 32 heavy (non-hydrogen) atoms. The molecule has 0 N–H and O–H groups in total. The molecular formula is C25H29NO6. The summed E-state index contributed by atoms with van der Waals surface area (Å²) in [5, 5.41) is 0. The zero-order valence-electron chi connectivity index (χ0n) is 19.0. The van der Waals surface area contributed by atoms with Gasteiger partial charge in [0.25, 0.3) is 0 Å². The minimum atomic E-state index is -0.519. The fourth-order valence-corrected chi connectivity index (χ4v) is 3.09. The topological polar surface area (TPSA) is 75.6 Å². The molecule has 0 unspecified atom stereocenters. The third kappa shape index (κ3) is 5.60. The van der Waals surface area contributed by atoms with Crippen LogP contribution in [-0.4, -0.2) is 38.8 Å². The maximum atomic E-state index is 12.4. The molecule has 0 fully saturated rings. The van der Waals surface area contributed by atoms with E-state index in [0.29, 0.717) is 48.4 Å². The fourth-order valence-electron chi connectivity index (χ4n) is 3.09. The lowest BCUT2D eigenvalue weighted by atomic mass is 10.1. The van der Waals surface area contributed by atoms with Gasteiger partial charge in [-0.3, -0.25) is 0 Å². The summed E-state index contributed by atoms with van der Waals surface area (Å²) in [6.07, 6.45) is 3.68. The molecule has 0 atom stereocenters. The van der Waals surface area contributed by atoms with Gasteiger partial charge in [0.2, 0.25) is 5.90 Å². The first-order valence-corrected chi connectivity index (χ1v) is 10.8. The molecule has 2 aromatic carbocycles. The molecule has 7 nitrogen and oxygen atoms in total. The quantitative estimate of drug-likeness (QED) is 0.278. The molecule has 0 aliphatic carbocycles. The fraction of sp³-hybridized carbons (Fsp3) is 0.360. The van der Waals surface area contributed by atoms with E-state index in [9.17, 15) is 4.79 Å². The summed E-state index contributed by atoms with van der Waals surface area (Å²) in [5.41, 5.74) is 1.59. The summed E-state index contributed by atoms with van der Waals surface area (Å²) in [6.45, 7) is 7.54. The summed E-state index contributed by atoms with van der Waals surface area (Å²) in [5.74, 6) is 2.17. The SMILES string of the molecule is CCCCOc1ccc(C=C2N=C(c3ccc(OCC)c(OCC)c3)OC2=O)cc1OC. The monoisotopic (exact) mass is 439 g/mol. The van der Waals surface area contributed by atoms with Crippen molar-refractivity contribution in [2.24, 2.45) is 4.99 Å². The lowest BCUT2D eigenvalue weighted by Crippen LogP contribution is -2.06. The number of esters is 1. The Kier molecular flexibility index (Phi) is 8.14. The summed E-state index contributed by atoms with van der Waals surface area (Å²) in [7, 11) is 1.58. The zero-order chi connectivity index (χ0) is 22.9. The highest BCUT2D eigenvalue weighted by molar-refractivity contribution is 6.13. The lowest BCUT2D eigenvalue weighted by Gasteiger charge is -2.11. The van der Waals surface area contributed by atoms with Gasteiger partial charge in [0.15, 0.2) is 28.7 Å². The molecule has 1 aliphatic rings. The van der Waals surface area contributed by atoms with E-state index in [1.165, 1.54) is 0 Å². The van der Waals surface area contributed by atoms with Crippen molar-refractivity contribution in [2.75, 3.05) is 26.9 Å². The molecule has 1 aliphatic heterocycles. The molecule has 0 bridgehead atoms. The molecule has 0 amide bonds. The minimum Gasteiger partial charge on any atom is -0.493 e. The number of carbonyl (C=O) groups excluding carboxylic acids is 1. The highest BCUT2D eigenvalue weighted by Crippen LogP contribution is 2.32. The van der Waals surface area contributed by atoms with E-state index in [1.807, 2.05) is 26.0 Å².